The number of rotatable bonds is 8. The third kappa shape index (κ3) is 6.16. The first kappa shape index (κ1) is 21.0. The molecular formula is C21H28NO5P. The zero-order valence-electron chi connectivity index (χ0n) is 16.1. The fraction of sp³-hybridized carbons (Fsp3) is 0.429. The summed E-state index contributed by atoms with van der Waals surface area (Å²) in [6.07, 6.45) is 3.04. The molecule has 1 aliphatic rings. The Bertz CT molecular complexity index is 818. The van der Waals surface area contributed by atoms with E-state index in [1.54, 1.807) is 0 Å². The minimum Gasteiger partial charge on any atom is -0.493 e. The van der Waals surface area contributed by atoms with Gasteiger partial charge in [-0.05, 0) is 55.4 Å². The van der Waals surface area contributed by atoms with E-state index in [1.165, 1.54) is 11.1 Å². The van der Waals surface area contributed by atoms with Crippen LogP contribution in [0.4, 0.5) is 0 Å². The third-order valence-electron chi connectivity index (χ3n) is 5.30. The van der Waals surface area contributed by atoms with Gasteiger partial charge in [0.05, 0.1) is 13.2 Å². The second-order valence-electron chi connectivity index (χ2n) is 7.72. The Hall–Kier alpha value is -1.69. The van der Waals surface area contributed by atoms with Crippen LogP contribution in [-0.4, -0.2) is 28.5 Å². The molecule has 1 aliphatic carbocycles. The van der Waals surface area contributed by atoms with E-state index in [-0.39, 0.29) is 12.5 Å². The van der Waals surface area contributed by atoms with Crippen LogP contribution in [0.2, 0.25) is 0 Å². The highest BCUT2D eigenvalue weighted by Gasteiger charge is 2.38. The van der Waals surface area contributed by atoms with Crippen LogP contribution in [0.15, 0.2) is 48.5 Å². The minimum absolute atomic E-state index is 0.131. The topological polar surface area (TPSA) is 102 Å². The SMILES string of the molecule is Cc1ccc(CCOc2ccc([C@@H]3CC[C@](N)(COP(=O)(O)O)C3)cc2)cc1. The highest BCUT2D eigenvalue weighted by atomic mass is 31.2. The highest BCUT2D eigenvalue weighted by Crippen LogP contribution is 2.43. The number of aryl methyl sites for hydroxylation is 1. The zero-order chi connectivity index (χ0) is 20.2. The van der Waals surface area contributed by atoms with Crippen molar-refractivity contribution in [3.63, 3.8) is 0 Å². The molecule has 1 fully saturated rings. The molecule has 0 aromatic heterocycles. The van der Waals surface area contributed by atoms with Crippen molar-refractivity contribution in [2.24, 2.45) is 5.73 Å². The number of benzene rings is 2. The predicted octanol–water partition coefficient (Wildman–Crippen LogP) is 3.69. The summed E-state index contributed by atoms with van der Waals surface area (Å²) < 4.78 is 21.4. The minimum atomic E-state index is -4.49. The third-order valence-corrected chi connectivity index (χ3v) is 5.76. The maximum atomic E-state index is 10.9. The van der Waals surface area contributed by atoms with Gasteiger partial charge in [-0.2, -0.15) is 0 Å². The summed E-state index contributed by atoms with van der Waals surface area (Å²) in [6, 6.07) is 16.5. The van der Waals surface area contributed by atoms with Crippen LogP contribution in [0, 0.1) is 6.92 Å². The van der Waals surface area contributed by atoms with Crippen molar-refractivity contribution in [2.45, 2.75) is 44.1 Å². The first-order valence-corrected chi connectivity index (χ1v) is 11.0. The number of nitrogens with two attached hydrogens (primary N) is 1. The van der Waals surface area contributed by atoms with Gasteiger partial charge in [0.25, 0.3) is 0 Å². The Labute approximate surface area is 165 Å². The molecule has 7 heteroatoms. The summed E-state index contributed by atoms with van der Waals surface area (Å²) in [4.78, 5) is 17.8. The Morgan fingerprint density at radius 2 is 1.82 bits per heavy atom. The predicted molar refractivity (Wildman–Crippen MR) is 108 cm³/mol. The largest absolute Gasteiger partial charge is 0.493 e. The maximum absolute atomic E-state index is 10.9. The molecule has 152 valence electrons. The van der Waals surface area contributed by atoms with Gasteiger partial charge in [0.1, 0.15) is 5.75 Å². The molecule has 0 saturated heterocycles. The van der Waals surface area contributed by atoms with E-state index in [0.29, 0.717) is 19.4 Å². The van der Waals surface area contributed by atoms with Crippen molar-refractivity contribution < 1.29 is 23.6 Å². The van der Waals surface area contributed by atoms with Crippen molar-refractivity contribution in [1.82, 2.24) is 0 Å². The molecule has 0 spiro atoms. The van der Waals surface area contributed by atoms with Gasteiger partial charge in [-0.3, -0.25) is 4.52 Å². The van der Waals surface area contributed by atoms with E-state index in [4.69, 9.17) is 20.3 Å². The Morgan fingerprint density at radius 3 is 2.46 bits per heavy atom. The standard InChI is InChI=1S/C21H28NO5P/c1-16-2-4-17(5-3-16)11-13-26-20-8-6-18(7-9-20)19-10-12-21(22,14-19)15-27-28(23,24)25/h2-9,19H,10-15,22H2,1H3,(H2,23,24,25)/t19-,21-/m1/s1. The van der Waals surface area contributed by atoms with E-state index in [0.717, 1.165) is 24.2 Å². The van der Waals surface area contributed by atoms with E-state index in [9.17, 15) is 4.57 Å². The molecule has 0 aliphatic heterocycles. The fourth-order valence-corrected chi connectivity index (χ4v) is 4.09. The Balaban J connectivity index is 1.49. The maximum Gasteiger partial charge on any atom is 0.469 e. The highest BCUT2D eigenvalue weighted by molar-refractivity contribution is 7.46. The van der Waals surface area contributed by atoms with Crippen LogP contribution < -0.4 is 10.5 Å². The molecule has 0 heterocycles. The van der Waals surface area contributed by atoms with Crippen LogP contribution >= 0.6 is 7.82 Å². The van der Waals surface area contributed by atoms with Crippen molar-refractivity contribution in [3.05, 3.63) is 65.2 Å². The quantitative estimate of drug-likeness (QED) is 0.579. The Morgan fingerprint density at radius 1 is 1.14 bits per heavy atom. The van der Waals surface area contributed by atoms with Crippen LogP contribution in [0.1, 0.15) is 41.9 Å². The zero-order valence-corrected chi connectivity index (χ0v) is 17.0. The summed E-state index contributed by atoms with van der Waals surface area (Å²) in [7, 11) is -4.49. The lowest BCUT2D eigenvalue weighted by atomic mass is 9.94. The summed E-state index contributed by atoms with van der Waals surface area (Å²) in [5.74, 6) is 1.09. The summed E-state index contributed by atoms with van der Waals surface area (Å²) in [5.41, 5.74) is 9.23. The molecule has 2 aromatic rings. The fourth-order valence-electron chi connectivity index (χ4n) is 3.66. The normalized spacial score (nSPS) is 22.4. The van der Waals surface area contributed by atoms with Crippen LogP contribution in [0.5, 0.6) is 5.75 Å². The van der Waals surface area contributed by atoms with Gasteiger partial charge < -0.3 is 20.3 Å². The van der Waals surface area contributed by atoms with Crippen molar-refractivity contribution >= 4 is 7.82 Å². The first-order chi connectivity index (χ1) is 13.2. The molecule has 3 rings (SSSR count). The summed E-state index contributed by atoms with van der Waals surface area (Å²) in [6.45, 7) is 2.57. The van der Waals surface area contributed by atoms with Crippen LogP contribution in [0.25, 0.3) is 0 Å². The smallest absolute Gasteiger partial charge is 0.469 e. The number of hydrogen-bond acceptors (Lipinski definition) is 4. The second kappa shape index (κ2) is 8.76. The monoisotopic (exact) mass is 405 g/mol. The molecule has 0 unspecified atom stereocenters. The molecule has 2 aromatic carbocycles. The lowest BCUT2D eigenvalue weighted by Gasteiger charge is -2.24. The van der Waals surface area contributed by atoms with Gasteiger partial charge in [0.15, 0.2) is 0 Å². The average molecular weight is 405 g/mol. The molecule has 4 N–H and O–H groups in total. The van der Waals surface area contributed by atoms with Gasteiger partial charge >= 0.3 is 7.82 Å². The second-order valence-corrected chi connectivity index (χ2v) is 8.96. The molecule has 0 radical (unpaired) electrons. The lowest BCUT2D eigenvalue weighted by Crippen LogP contribution is -2.41. The van der Waals surface area contributed by atoms with Gasteiger partial charge in [-0.25, -0.2) is 4.57 Å². The van der Waals surface area contributed by atoms with Gasteiger partial charge in [0, 0.05) is 12.0 Å². The number of phosphoric acid groups is 1. The average Bonchev–Trinajstić information content (AvgIpc) is 3.05. The van der Waals surface area contributed by atoms with Crippen molar-refractivity contribution in [1.29, 1.82) is 0 Å². The van der Waals surface area contributed by atoms with Crippen molar-refractivity contribution in [2.75, 3.05) is 13.2 Å². The van der Waals surface area contributed by atoms with Crippen LogP contribution in [0.3, 0.4) is 0 Å². The van der Waals surface area contributed by atoms with Gasteiger partial charge in [-0.1, -0.05) is 42.0 Å². The van der Waals surface area contributed by atoms with E-state index in [2.05, 4.69) is 35.7 Å². The summed E-state index contributed by atoms with van der Waals surface area (Å²) in [5, 5.41) is 0. The molecule has 1 saturated carbocycles. The summed E-state index contributed by atoms with van der Waals surface area (Å²) >= 11 is 0. The number of hydrogen-bond donors (Lipinski definition) is 3. The lowest BCUT2D eigenvalue weighted by molar-refractivity contribution is 0.153. The Kier molecular flexibility index (Phi) is 6.58. The molecule has 2 atom stereocenters. The number of ether oxygens (including phenoxy) is 1. The van der Waals surface area contributed by atoms with Gasteiger partial charge in [-0.15, -0.1) is 0 Å². The molecule has 0 amide bonds. The molecule has 0 bridgehead atoms. The number of phosphoric ester groups is 1. The van der Waals surface area contributed by atoms with Crippen molar-refractivity contribution in [3.8, 4) is 5.75 Å². The molecule has 6 nitrogen and oxygen atoms in total. The molecule has 28 heavy (non-hydrogen) atoms. The molecular weight excluding hydrogens is 377 g/mol. The van der Waals surface area contributed by atoms with Gasteiger partial charge in [0.2, 0.25) is 0 Å². The van der Waals surface area contributed by atoms with E-state index >= 15 is 0 Å². The van der Waals surface area contributed by atoms with Crippen LogP contribution in [-0.2, 0) is 15.5 Å². The van der Waals surface area contributed by atoms with E-state index in [1.807, 2.05) is 24.3 Å². The van der Waals surface area contributed by atoms with E-state index < -0.39 is 13.4 Å². The first-order valence-electron chi connectivity index (χ1n) is 9.50.